The van der Waals surface area contributed by atoms with Gasteiger partial charge in [-0.25, -0.2) is 9.97 Å². The molecule has 0 atom stereocenters. The van der Waals surface area contributed by atoms with E-state index in [0.29, 0.717) is 5.69 Å². The van der Waals surface area contributed by atoms with Gasteiger partial charge in [-0.2, -0.15) is 0 Å². The second-order valence-electron chi connectivity index (χ2n) is 6.26. The number of rotatable bonds is 5. The van der Waals surface area contributed by atoms with Gasteiger partial charge in [0, 0.05) is 25.9 Å². The number of nitrogens with two attached hydrogens (primary N) is 1. The summed E-state index contributed by atoms with van der Waals surface area (Å²) in [5.41, 5.74) is 6.89. The fourth-order valence-corrected chi connectivity index (χ4v) is 4.28. The predicted octanol–water partition coefficient (Wildman–Crippen LogP) is 2.61. The third-order valence-corrected chi connectivity index (χ3v) is 5.70. The minimum Gasteiger partial charge on any atom is -0.393 e. The quantitative estimate of drug-likeness (QED) is 0.632. The molecule has 0 radical (unpaired) electrons. The Kier molecular flexibility index (Phi) is 5.83. The van der Waals surface area contributed by atoms with Crippen LogP contribution in [-0.4, -0.2) is 49.1 Å². The van der Waals surface area contributed by atoms with E-state index in [-0.39, 0.29) is 0 Å². The van der Waals surface area contributed by atoms with Gasteiger partial charge in [0.25, 0.3) is 0 Å². The van der Waals surface area contributed by atoms with Crippen LogP contribution in [0.25, 0.3) is 0 Å². The zero-order chi connectivity index (χ0) is 16.1. The molecule has 1 aromatic heterocycles. The van der Waals surface area contributed by atoms with Crippen LogP contribution in [0, 0.1) is 5.92 Å². The number of aromatic nitrogens is 2. The number of morpholine rings is 1. The zero-order valence-electron chi connectivity index (χ0n) is 13.9. The fraction of sp³-hybridized carbons (Fsp3) is 0.750. The van der Waals surface area contributed by atoms with Crippen LogP contribution in [0.2, 0.25) is 0 Å². The summed E-state index contributed by atoms with van der Waals surface area (Å²) in [7, 11) is 1.86. The van der Waals surface area contributed by atoms with Crippen molar-refractivity contribution in [2.45, 2.75) is 37.3 Å². The molecule has 1 aliphatic heterocycles. The molecule has 0 spiro atoms. The van der Waals surface area contributed by atoms with E-state index in [0.717, 1.165) is 54.8 Å². The van der Waals surface area contributed by atoms with Crippen LogP contribution in [0.1, 0.15) is 32.1 Å². The van der Waals surface area contributed by atoms with Gasteiger partial charge in [0.15, 0.2) is 16.8 Å². The van der Waals surface area contributed by atoms with Gasteiger partial charge in [-0.15, -0.1) is 0 Å². The van der Waals surface area contributed by atoms with Crippen molar-refractivity contribution in [3.8, 4) is 0 Å². The third kappa shape index (κ3) is 4.20. The molecule has 3 N–H and O–H groups in total. The summed E-state index contributed by atoms with van der Waals surface area (Å²) in [4.78, 5) is 11.5. The zero-order valence-corrected chi connectivity index (χ0v) is 14.7. The number of nitrogen functional groups attached to an aromatic ring is 1. The molecule has 1 saturated carbocycles. The van der Waals surface area contributed by atoms with Crippen LogP contribution in [0.4, 0.5) is 17.3 Å². The van der Waals surface area contributed by atoms with E-state index in [1.807, 2.05) is 7.05 Å². The van der Waals surface area contributed by atoms with Gasteiger partial charge >= 0.3 is 0 Å². The molecule has 2 aliphatic rings. The largest absolute Gasteiger partial charge is 0.393 e. The number of nitrogens with one attached hydrogen (secondary N) is 1. The van der Waals surface area contributed by atoms with Crippen LogP contribution in [-0.2, 0) is 4.74 Å². The molecule has 0 unspecified atom stereocenters. The normalized spacial score (nSPS) is 19.8. The molecule has 1 aliphatic carbocycles. The van der Waals surface area contributed by atoms with Crippen LogP contribution >= 0.6 is 11.8 Å². The van der Waals surface area contributed by atoms with E-state index >= 15 is 0 Å². The van der Waals surface area contributed by atoms with Gasteiger partial charge in [-0.3, -0.25) is 0 Å². The van der Waals surface area contributed by atoms with Gasteiger partial charge in [-0.05, 0) is 18.8 Å². The van der Waals surface area contributed by atoms with Crippen molar-refractivity contribution in [1.82, 2.24) is 9.97 Å². The summed E-state index contributed by atoms with van der Waals surface area (Å²) in [5.74, 6) is 3.49. The van der Waals surface area contributed by atoms with Crippen molar-refractivity contribution in [2.75, 3.05) is 55.1 Å². The molecule has 6 nitrogen and oxygen atoms in total. The molecule has 7 heteroatoms. The highest BCUT2D eigenvalue weighted by Crippen LogP contribution is 2.33. The summed E-state index contributed by atoms with van der Waals surface area (Å²) >= 11 is 1.77. The third-order valence-electron chi connectivity index (χ3n) is 4.63. The molecular formula is C16H27N5OS. The number of anilines is 3. The van der Waals surface area contributed by atoms with E-state index in [2.05, 4.69) is 15.2 Å². The second-order valence-corrected chi connectivity index (χ2v) is 7.24. The summed E-state index contributed by atoms with van der Waals surface area (Å²) in [6, 6.07) is 0. The summed E-state index contributed by atoms with van der Waals surface area (Å²) in [5, 5.41) is 3.94. The molecular weight excluding hydrogens is 310 g/mol. The molecule has 23 heavy (non-hydrogen) atoms. The maximum absolute atomic E-state index is 6.25. The molecule has 1 aromatic rings. The Morgan fingerprint density at radius 3 is 2.65 bits per heavy atom. The molecule has 2 fully saturated rings. The molecule has 128 valence electrons. The average molecular weight is 337 g/mol. The highest BCUT2D eigenvalue weighted by Gasteiger charge is 2.20. The van der Waals surface area contributed by atoms with Crippen molar-refractivity contribution in [3.63, 3.8) is 0 Å². The van der Waals surface area contributed by atoms with Crippen molar-refractivity contribution >= 4 is 29.1 Å². The van der Waals surface area contributed by atoms with Crippen molar-refractivity contribution < 1.29 is 4.74 Å². The van der Waals surface area contributed by atoms with Crippen molar-refractivity contribution in [2.24, 2.45) is 5.92 Å². The van der Waals surface area contributed by atoms with Gasteiger partial charge in [0.1, 0.15) is 5.69 Å². The first-order valence-electron chi connectivity index (χ1n) is 8.58. The predicted molar refractivity (Wildman–Crippen MR) is 96.3 cm³/mol. The van der Waals surface area contributed by atoms with Crippen LogP contribution in [0.15, 0.2) is 5.16 Å². The first kappa shape index (κ1) is 16.6. The number of hydrogen-bond acceptors (Lipinski definition) is 7. The fourth-order valence-electron chi connectivity index (χ4n) is 3.26. The van der Waals surface area contributed by atoms with Crippen LogP contribution < -0.4 is 16.0 Å². The van der Waals surface area contributed by atoms with E-state index < -0.39 is 0 Å². The number of ether oxygens (including phenoxy) is 1. The van der Waals surface area contributed by atoms with Crippen molar-refractivity contribution in [1.29, 1.82) is 0 Å². The topological polar surface area (TPSA) is 76.3 Å². The highest BCUT2D eigenvalue weighted by molar-refractivity contribution is 7.99. The Morgan fingerprint density at radius 2 is 1.96 bits per heavy atom. The van der Waals surface area contributed by atoms with E-state index in [4.69, 9.17) is 15.5 Å². The summed E-state index contributed by atoms with van der Waals surface area (Å²) in [6.07, 6.45) is 6.82. The molecule has 0 bridgehead atoms. The van der Waals surface area contributed by atoms with Gasteiger partial charge < -0.3 is 20.7 Å². The van der Waals surface area contributed by atoms with E-state index in [1.54, 1.807) is 11.8 Å². The van der Waals surface area contributed by atoms with Crippen LogP contribution in [0.3, 0.4) is 0 Å². The number of nitrogens with zero attached hydrogens (tertiary/aromatic N) is 3. The second kappa shape index (κ2) is 8.06. The lowest BCUT2D eigenvalue weighted by atomic mass is 9.91. The number of hydrogen-bond donors (Lipinski definition) is 2. The maximum Gasteiger partial charge on any atom is 0.191 e. The molecule has 2 heterocycles. The minimum absolute atomic E-state index is 0.636. The van der Waals surface area contributed by atoms with Crippen LogP contribution in [0.5, 0.6) is 0 Å². The lowest BCUT2D eigenvalue weighted by molar-refractivity contribution is 0.122. The Balaban J connectivity index is 1.73. The number of thioether (sulfide) groups is 1. The molecule has 0 aromatic carbocycles. The van der Waals surface area contributed by atoms with E-state index in [9.17, 15) is 0 Å². The van der Waals surface area contributed by atoms with E-state index in [1.165, 1.54) is 32.1 Å². The standard InChI is InChI=1S/C16H27N5OS/c1-18-14-13(17)15(21-7-9-22-10-8-21)20-16(19-14)23-11-12-5-3-2-4-6-12/h12H,2-11,17H2,1H3,(H,18,19,20). The molecule has 0 amide bonds. The Bertz CT molecular complexity index is 515. The first-order valence-corrected chi connectivity index (χ1v) is 9.57. The monoisotopic (exact) mass is 337 g/mol. The molecule has 1 saturated heterocycles. The average Bonchev–Trinajstić information content (AvgIpc) is 2.62. The van der Waals surface area contributed by atoms with Gasteiger partial charge in [-0.1, -0.05) is 31.0 Å². The lowest BCUT2D eigenvalue weighted by Gasteiger charge is -2.29. The summed E-state index contributed by atoms with van der Waals surface area (Å²) in [6.45, 7) is 3.11. The van der Waals surface area contributed by atoms with Gasteiger partial charge in [0.05, 0.1) is 13.2 Å². The lowest BCUT2D eigenvalue weighted by Crippen LogP contribution is -2.37. The molecule has 3 rings (SSSR count). The van der Waals surface area contributed by atoms with Gasteiger partial charge in [0.2, 0.25) is 0 Å². The Labute approximate surface area is 142 Å². The van der Waals surface area contributed by atoms with Crippen molar-refractivity contribution in [3.05, 3.63) is 0 Å². The smallest absolute Gasteiger partial charge is 0.191 e. The first-order chi connectivity index (χ1) is 11.3. The maximum atomic E-state index is 6.25. The minimum atomic E-state index is 0.636. The SMILES string of the molecule is CNc1nc(SCC2CCCCC2)nc(N2CCOCC2)c1N. The Morgan fingerprint density at radius 1 is 1.22 bits per heavy atom. The highest BCUT2D eigenvalue weighted by atomic mass is 32.2. The Hall–Kier alpha value is -1.21. The summed E-state index contributed by atoms with van der Waals surface area (Å²) < 4.78 is 5.43.